The summed E-state index contributed by atoms with van der Waals surface area (Å²) in [5, 5.41) is 3.73. The highest BCUT2D eigenvalue weighted by molar-refractivity contribution is 4.82. The van der Waals surface area contributed by atoms with E-state index in [2.05, 4.69) is 24.2 Å². The molecule has 2 rings (SSSR count). The van der Waals surface area contributed by atoms with Gasteiger partial charge in [-0.3, -0.25) is 0 Å². The molecule has 82 valence electrons. The van der Waals surface area contributed by atoms with Crippen LogP contribution in [0, 0.1) is 11.8 Å². The van der Waals surface area contributed by atoms with E-state index in [1.54, 1.807) is 0 Å². The van der Waals surface area contributed by atoms with Crippen molar-refractivity contribution in [2.45, 2.75) is 38.6 Å². The zero-order valence-corrected chi connectivity index (χ0v) is 9.63. The SMILES string of the molecule is CC(CNC1CCCN(C)C1)C1CC1. The van der Waals surface area contributed by atoms with Gasteiger partial charge in [0.1, 0.15) is 0 Å². The van der Waals surface area contributed by atoms with E-state index in [4.69, 9.17) is 0 Å². The first kappa shape index (κ1) is 10.4. The molecule has 0 amide bonds. The van der Waals surface area contributed by atoms with E-state index in [-0.39, 0.29) is 0 Å². The minimum absolute atomic E-state index is 0.759. The first-order valence-electron chi connectivity index (χ1n) is 6.17. The lowest BCUT2D eigenvalue weighted by Crippen LogP contribution is -2.45. The molecule has 1 aliphatic carbocycles. The van der Waals surface area contributed by atoms with E-state index >= 15 is 0 Å². The molecule has 1 N–H and O–H groups in total. The summed E-state index contributed by atoms with van der Waals surface area (Å²) in [6, 6.07) is 0.759. The molecular formula is C12H24N2. The van der Waals surface area contributed by atoms with Crippen molar-refractivity contribution >= 4 is 0 Å². The Morgan fingerprint density at radius 1 is 1.36 bits per heavy atom. The molecule has 1 saturated heterocycles. The van der Waals surface area contributed by atoms with E-state index in [0.717, 1.165) is 17.9 Å². The third-order valence-corrected chi connectivity index (χ3v) is 3.78. The molecule has 0 aromatic heterocycles. The van der Waals surface area contributed by atoms with Gasteiger partial charge in [0.15, 0.2) is 0 Å². The van der Waals surface area contributed by atoms with Gasteiger partial charge in [-0.25, -0.2) is 0 Å². The number of nitrogens with zero attached hydrogens (tertiary/aromatic N) is 1. The first-order valence-corrected chi connectivity index (χ1v) is 6.17. The van der Waals surface area contributed by atoms with Crippen molar-refractivity contribution in [1.82, 2.24) is 10.2 Å². The number of piperidine rings is 1. The van der Waals surface area contributed by atoms with Crippen LogP contribution < -0.4 is 5.32 Å². The van der Waals surface area contributed by atoms with Gasteiger partial charge in [0, 0.05) is 12.6 Å². The van der Waals surface area contributed by atoms with Crippen LogP contribution in [-0.2, 0) is 0 Å². The van der Waals surface area contributed by atoms with Gasteiger partial charge in [-0.05, 0) is 57.7 Å². The second kappa shape index (κ2) is 4.63. The molecule has 0 radical (unpaired) electrons. The average Bonchev–Trinajstić information content (AvgIpc) is 2.97. The fourth-order valence-corrected chi connectivity index (χ4v) is 2.52. The van der Waals surface area contributed by atoms with Crippen molar-refractivity contribution in [2.75, 3.05) is 26.7 Å². The average molecular weight is 196 g/mol. The largest absolute Gasteiger partial charge is 0.312 e. The summed E-state index contributed by atoms with van der Waals surface area (Å²) in [4.78, 5) is 2.45. The highest BCUT2D eigenvalue weighted by Gasteiger charge is 2.28. The van der Waals surface area contributed by atoms with Gasteiger partial charge in [0.2, 0.25) is 0 Å². The molecule has 1 aliphatic heterocycles. The molecule has 2 atom stereocenters. The van der Waals surface area contributed by atoms with E-state index in [1.165, 1.54) is 45.3 Å². The highest BCUT2D eigenvalue weighted by atomic mass is 15.1. The third-order valence-electron chi connectivity index (χ3n) is 3.78. The van der Waals surface area contributed by atoms with E-state index in [9.17, 15) is 0 Å². The Hall–Kier alpha value is -0.0800. The van der Waals surface area contributed by atoms with Crippen LogP contribution in [0.15, 0.2) is 0 Å². The van der Waals surface area contributed by atoms with Crippen molar-refractivity contribution in [3.8, 4) is 0 Å². The maximum absolute atomic E-state index is 3.73. The van der Waals surface area contributed by atoms with Gasteiger partial charge in [-0.1, -0.05) is 6.92 Å². The lowest BCUT2D eigenvalue weighted by atomic mass is 10.0. The van der Waals surface area contributed by atoms with Crippen LogP contribution in [0.4, 0.5) is 0 Å². The Balaban J connectivity index is 1.63. The fourth-order valence-electron chi connectivity index (χ4n) is 2.52. The Labute approximate surface area is 88.1 Å². The maximum Gasteiger partial charge on any atom is 0.0195 e. The predicted molar refractivity (Wildman–Crippen MR) is 60.4 cm³/mol. The lowest BCUT2D eigenvalue weighted by Gasteiger charge is -2.31. The molecule has 1 saturated carbocycles. The normalized spacial score (nSPS) is 31.7. The van der Waals surface area contributed by atoms with Gasteiger partial charge in [0.25, 0.3) is 0 Å². The molecule has 0 aromatic carbocycles. The van der Waals surface area contributed by atoms with Crippen LogP contribution in [0.1, 0.15) is 32.6 Å². The molecule has 2 unspecified atom stereocenters. The Morgan fingerprint density at radius 3 is 2.79 bits per heavy atom. The summed E-state index contributed by atoms with van der Waals surface area (Å²) in [6.45, 7) is 6.17. The molecule has 0 bridgehead atoms. The standard InChI is InChI=1S/C12H24N2/c1-10(11-5-6-11)8-13-12-4-3-7-14(2)9-12/h10-13H,3-9H2,1-2H3. The van der Waals surface area contributed by atoms with Crippen LogP contribution in [0.5, 0.6) is 0 Å². The topological polar surface area (TPSA) is 15.3 Å². The summed E-state index contributed by atoms with van der Waals surface area (Å²) >= 11 is 0. The number of hydrogen-bond donors (Lipinski definition) is 1. The van der Waals surface area contributed by atoms with E-state index in [0.29, 0.717) is 0 Å². The van der Waals surface area contributed by atoms with Crippen LogP contribution in [0.25, 0.3) is 0 Å². The Bertz CT molecular complexity index is 177. The van der Waals surface area contributed by atoms with Crippen LogP contribution in [0.2, 0.25) is 0 Å². The summed E-state index contributed by atoms with van der Waals surface area (Å²) in [5.74, 6) is 1.95. The van der Waals surface area contributed by atoms with Gasteiger partial charge in [0.05, 0.1) is 0 Å². The van der Waals surface area contributed by atoms with E-state index in [1.807, 2.05) is 0 Å². The molecule has 1 heterocycles. The Kier molecular flexibility index (Phi) is 3.45. The molecule has 14 heavy (non-hydrogen) atoms. The number of rotatable bonds is 4. The second-order valence-electron chi connectivity index (χ2n) is 5.32. The van der Waals surface area contributed by atoms with Gasteiger partial charge >= 0.3 is 0 Å². The highest BCUT2D eigenvalue weighted by Crippen LogP contribution is 2.36. The van der Waals surface area contributed by atoms with Gasteiger partial charge in [-0.2, -0.15) is 0 Å². The quantitative estimate of drug-likeness (QED) is 0.736. The summed E-state index contributed by atoms with van der Waals surface area (Å²) in [5.41, 5.74) is 0. The number of likely N-dealkylation sites (N-methyl/N-ethyl adjacent to an activating group) is 1. The summed E-state index contributed by atoms with van der Waals surface area (Å²) in [6.07, 6.45) is 5.70. The van der Waals surface area contributed by atoms with Crippen molar-refractivity contribution in [2.24, 2.45) is 11.8 Å². The number of likely N-dealkylation sites (tertiary alicyclic amines) is 1. The van der Waals surface area contributed by atoms with Crippen molar-refractivity contribution in [3.63, 3.8) is 0 Å². The molecule has 2 aliphatic rings. The molecule has 0 aromatic rings. The zero-order valence-electron chi connectivity index (χ0n) is 9.63. The molecule has 2 nitrogen and oxygen atoms in total. The summed E-state index contributed by atoms with van der Waals surface area (Å²) < 4.78 is 0. The van der Waals surface area contributed by atoms with Crippen LogP contribution in [0.3, 0.4) is 0 Å². The molecular weight excluding hydrogens is 172 g/mol. The zero-order chi connectivity index (χ0) is 9.97. The predicted octanol–water partition coefficient (Wildman–Crippen LogP) is 1.72. The van der Waals surface area contributed by atoms with Crippen molar-refractivity contribution in [3.05, 3.63) is 0 Å². The smallest absolute Gasteiger partial charge is 0.0195 e. The van der Waals surface area contributed by atoms with Crippen LogP contribution in [-0.4, -0.2) is 37.6 Å². The van der Waals surface area contributed by atoms with Crippen LogP contribution >= 0.6 is 0 Å². The monoisotopic (exact) mass is 196 g/mol. The maximum atomic E-state index is 3.73. The number of nitrogens with one attached hydrogen (secondary N) is 1. The minimum atomic E-state index is 0.759. The second-order valence-corrected chi connectivity index (χ2v) is 5.32. The van der Waals surface area contributed by atoms with E-state index < -0.39 is 0 Å². The number of hydrogen-bond acceptors (Lipinski definition) is 2. The third kappa shape index (κ3) is 2.96. The molecule has 0 spiro atoms. The first-order chi connectivity index (χ1) is 6.75. The van der Waals surface area contributed by atoms with Crippen molar-refractivity contribution in [1.29, 1.82) is 0 Å². The molecule has 2 fully saturated rings. The fraction of sp³-hybridized carbons (Fsp3) is 1.00. The minimum Gasteiger partial charge on any atom is -0.312 e. The van der Waals surface area contributed by atoms with Crippen molar-refractivity contribution < 1.29 is 0 Å². The lowest BCUT2D eigenvalue weighted by molar-refractivity contribution is 0.221. The van der Waals surface area contributed by atoms with Gasteiger partial charge in [-0.15, -0.1) is 0 Å². The van der Waals surface area contributed by atoms with Gasteiger partial charge < -0.3 is 10.2 Å². The Morgan fingerprint density at radius 2 is 2.14 bits per heavy atom. The molecule has 2 heteroatoms. The summed E-state index contributed by atoms with van der Waals surface area (Å²) in [7, 11) is 2.23.